The van der Waals surface area contributed by atoms with E-state index < -0.39 is 24.5 Å². The maximum absolute atomic E-state index is 12.7. The van der Waals surface area contributed by atoms with Crippen LogP contribution in [-0.4, -0.2) is 61.2 Å². The van der Waals surface area contributed by atoms with Crippen LogP contribution < -0.4 is 5.32 Å². The number of hydrogen-bond acceptors (Lipinski definition) is 8. The molecule has 3 N–H and O–H groups in total. The molecule has 4 aromatic rings. The van der Waals surface area contributed by atoms with Crippen LogP contribution in [0.2, 0.25) is 0 Å². The van der Waals surface area contributed by atoms with Crippen molar-refractivity contribution in [2.24, 2.45) is 0 Å². The van der Waals surface area contributed by atoms with Crippen molar-refractivity contribution >= 4 is 23.1 Å². The lowest BCUT2D eigenvalue weighted by atomic mass is 9.98. The normalized spacial score (nSPS) is 21.1. The summed E-state index contributed by atoms with van der Waals surface area (Å²) in [6, 6.07) is 16.3. The summed E-state index contributed by atoms with van der Waals surface area (Å²) in [5.74, 6) is 0.159. The van der Waals surface area contributed by atoms with Gasteiger partial charge in [0.2, 0.25) is 0 Å². The molecule has 1 aliphatic heterocycles. The summed E-state index contributed by atoms with van der Waals surface area (Å²) in [5.41, 5.74) is 5.37. The summed E-state index contributed by atoms with van der Waals surface area (Å²) >= 11 is 0. The van der Waals surface area contributed by atoms with Crippen molar-refractivity contribution in [2.75, 3.05) is 18.5 Å². The predicted molar refractivity (Wildman–Crippen MR) is 126 cm³/mol. The molecule has 1 amide bonds. The fraction of sp³-hybridized carbons (Fsp3) is 0.280. The van der Waals surface area contributed by atoms with Crippen molar-refractivity contribution < 1.29 is 24.5 Å². The average Bonchev–Trinajstić information content (AvgIpc) is 3.56. The molecule has 3 heterocycles. The van der Waals surface area contributed by atoms with Crippen LogP contribution in [0.4, 0.5) is 10.6 Å². The Morgan fingerprint density at radius 1 is 1.09 bits per heavy atom. The summed E-state index contributed by atoms with van der Waals surface area (Å²) in [6.07, 6.45) is 0.475. The van der Waals surface area contributed by atoms with Gasteiger partial charge in [-0.1, -0.05) is 48.5 Å². The van der Waals surface area contributed by atoms with Crippen LogP contribution in [0.5, 0.6) is 0 Å². The Morgan fingerprint density at radius 2 is 1.80 bits per heavy atom. The fourth-order valence-electron chi connectivity index (χ4n) is 4.94. The van der Waals surface area contributed by atoms with Gasteiger partial charge in [0.1, 0.15) is 25.3 Å². The van der Waals surface area contributed by atoms with E-state index in [1.807, 2.05) is 24.3 Å². The third kappa shape index (κ3) is 3.72. The van der Waals surface area contributed by atoms with E-state index in [1.54, 1.807) is 4.57 Å². The number of benzene rings is 2. The minimum atomic E-state index is -0.789. The molecule has 0 saturated carbocycles. The van der Waals surface area contributed by atoms with Crippen molar-refractivity contribution in [3.05, 3.63) is 72.3 Å². The van der Waals surface area contributed by atoms with Gasteiger partial charge in [0.05, 0.1) is 19.0 Å². The van der Waals surface area contributed by atoms with Gasteiger partial charge in [0.25, 0.3) is 0 Å². The van der Waals surface area contributed by atoms with Crippen LogP contribution in [0.15, 0.2) is 61.2 Å². The Hall–Kier alpha value is -3.86. The van der Waals surface area contributed by atoms with Gasteiger partial charge in [-0.15, -0.1) is 0 Å². The summed E-state index contributed by atoms with van der Waals surface area (Å²) in [4.78, 5) is 25.5. The van der Waals surface area contributed by atoms with Crippen LogP contribution in [-0.2, 0) is 9.47 Å². The van der Waals surface area contributed by atoms with Crippen LogP contribution in [0, 0.1) is 0 Å². The van der Waals surface area contributed by atoms with Gasteiger partial charge >= 0.3 is 6.09 Å². The molecule has 3 atom stereocenters. The summed E-state index contributed by atoms with van der Waals surface area (Å²) in [5, 5.41) is 22.1. The van der Waals surface area contributed by atoms with E-state index >= 15 is 0 Å². The lowest BCUT2D eigenvalue weighted by Crippen LogP contribution is -2.24. The number of carbonyl (C=O) groups excluding carboxylic acids is 1. The molecule has 178 valence electrons. The maximum Gasteiger partial charge on any atom is 0.412 e. The lowest BCUT2D eigenvalue weighted by Gasteiger charge is -2.15. The van der Waals surface area contributed by atoms with Gasteiger partial charge in [-0.05, 0) is 22.3 Å². The molecular formula is C25H23N5O5. The smallest absolute Gasteiger partial charge is 0.412 e. The second kappa shape index (κ2) is 8.73. The SMILES string of the molecule is O=C(Nc1ncnc2c1ncn2[C@H]1C[C@H](O)[C@@H](CO)O1)OCC1c2ccccc2-c2ccccc21. The summed E-state index contributed by atoms with van der Waals surface area (Å²) in [6.45, 7) is -0.104. The second-order valence-electron chi connectivity index (χ2n) is 8.61. The number of anilines is 1. The summed E-state index contributed by atoms with van der Waals surface area (Å²) in [7, 11) is 0. The van der Waals surface area contributed by atoms with E-state index in [9.17, 15) is 15.0 Å². The molecule has 1 aliphatic carbocycles. The molecule has 10 nitrogen and oxygen atoms in total. The molecule has 6 rings (SSSR count). The largest absolute Gasteiger partial charge is 0.448 e. The molecule has 10 heteroatoms. The number of hydrogen-bond donors (Lipinski definition) is 3. The first kappa shape index (κ1) is 21.7. The second-order valence-corrected chi connectivity index (χ2v) is 8.61. The Kier molecular flexibility index (Phi) is 5.40. The van der Waals surface area contributed by atoms with E-state index in [2.05, 4.69) is 44.5 Å². The highest BCUT2D eigenvalue weighted by Crippen LogP contribution is 2.44. The number of nitrogens with one attached hydrogen (secondary N) is 1. The Balaban J connectivity index is 1.18. The molecule has 2 aromatic heterocycles. The number of fused-ring (bicyclic) bond motifs is 4. The number of imidazole rings is 1. The lowest BCUT2D eigenvalue weighted by molar-refractivity contribution is -0.0432. The Morgan fingerprint density at radius 3 is 2.49 bits per heavy atom. The molecule has 0 radical (unpaired) electrons. The zero-order valence-corrected chi connectivity index (χ0v) is 18.6. The molecule has 0 unspecified atom stereocenters. The fourth-order valence-corrected chi connectivity index (χ4v) is 4.94. The minimum absolute atomic E-state index is 0.0526. The molecule has 1 saturated heterocycles. The molecule has 0 bridgehead atoms. The van der Waals surface area contributed by atoms with Gasteiger partial charge in [-0.2, -0.15) is 0 Å². The van der Waals surface area contributed by atoms with E-state index in [0.717, 1.165) is 22.3 Å². The van der Waals surface area contributed by atoms with Crippen molar-refractivity contribution in [3.63, 3.8) is 0 Å². The highest BCUT2D eigenvalue weighted by Gasteiger charge is 2.35. The predicted octanol–water partition coefficient (Wildman–Crippen LogP) is 2.83. The maximum atomic E-state index is 12.7. The third-order valence-corrected chi connectivity index (χ3v) is 6.62. The van der Waals surface area contributed by atoms with E-state index in [0.29, 0.717) is 11.2 Å². The topological polar surface area (TPSA) is 132 Å². The van der Waals surface area contributed by atoms with Crippen LogP contribution in [0.25, 0.3) is 22.3 Å². The number of nitrogens with zero attached hydrogens (tertiary/aromatic N) is 4. The molecule has 35 heavy (non-hydrogen) atoms. The van der Waals surface area contributed by atoms with Crippen molar-refractivity contribution in [1.29, 1.82) is 0 Å². The standard InChI is InChI=1S/C25H23N5O5/c31-10-20-19(32)9-21(35-20)30-13-28-22-23(26-12-27-24(22)30)29-25(33)34-11-18-16-7-3-1-5-14(16)15-6-2-4-8-17(15)18/h1-8,12-13,18-21,31-32H,9-11H2,(H,26,27,29,33)/t19-,20+,21+/m0/s1. The van der Waals surface area contributed by atoms with Crippen molar-refractivity contribution in [3.8, 4) is 11.1 Å². The zero-order valence-electron chi connectivity index (χ0n) is 18.6. The van der Waals surface area contributed by atoms with Gasteiger partial charge < -0.3 is 19.7 Å². The van der Waals surface area contributed by atoms with E-state index in [4.69, 9.17) is 9.47 Å². The van der Waals surface area contributed by atoms with Crippen LogP contribution in [0.1, 0.15) is 29.7 Å². The zero-order chi connectivity index (χ0) is 23.9. The number of aliphatic hydroxyl groups is 2. The number of rotatable bonds is 5. The highest BCUT2D eigenvalue weighted by molar-refractivity contribution is 5.93. The quantitative estimate of drug-likeness (QED) is 0.403. The van der Waals surface area contributed by atoms with Gasteiger partial charge in [0.15, 0.2) is 17.0 Å². The van der Waals surface area contributed by atoms with Gasteiger partial charge in [-0.25, -0.2) is 19.7 Å². The number of aromatic nitrogens is 4. The number of aliphatic hydroxyl groups excluding tert-OH is 2. The summed E-state index contributed by atoms with van der Waals surface area (Å²) < 4.78 is 13.0. The monoisotopic (exact) mass is 473 g/mol. The molecule has 2 aliphatic rings. The Labute approximate surface area is 200 Å². The van der Waals surface area contributed by atoms with Crippen molar-refractivity contribution in [2.45, 2.75) is 30.8 Å². The number of ether oxygens (including phenoxy) is 2. The minimum Gasteiger partial charge on any atom is -0.448 e. The van der Waals surface area contributed by atoms with Gasteiger partial charge in [0, 0.05) is 12.3 Å². The Bertz CT molecular complexity index is 1360. The highest BCUT2D eigenvalue weighted by atomic mass is 16.6. The van der Waals surface area contributed by atoms with Gasteiger partial charge in [-0.3, -0.25) is 9.88 Å². The van der Waals surface area contributed by atoms with E-state index in [1.165, 1.54) is 12.7 Å². The van der Waals surface area contributed by atoms with E-state index in [-0.39, 0.29) is 31.4 Å². The first-order valence-corrected chi connectivity index (χ1v) is 11.4. The first-order chi connectivity index (χ1) is 17.1. The van der Waals surface area contributed by atoms with Crippen molar-refractivity contribution in [1.82, 2.24) is 19.5 Å². The third-order valence-electron chi connectivity index (χ3n) is 6.62. The first-order valence-electron chi connectivity index (χ1n) is 11.4. The number of carbonyl (C=O) groups is 1. The molecule has 0 spiro atoms. The molecule has 1 fully saturated rings. The van der Waals surface area contributed by atoms with Crippen LogP contribution in [0.3, 0.4) is 0 Å². The molecular weight excluding hydrogens is 450 g/mol. The van der Waals surface area contributed by atoms with Crippen LogP contribution >= 0.6 is 0 Å². The number of amides is 1. The average molecular weight is 473 g/mol. The molecule has 2 aromatic carbocycles.